The summed E-state index contributed by atoms with van der Waals surface area (Å²) in [5, 5.41) is 7.22. The number of aryl methyl sites for hydroxylation is 3. The molecule has 0 radical (unpaired) electrons. The van der Waals surface area contributed by atoms with Gasteiger partial charge in [0.05, 0.1) is 31.1 Å². The van der Waals surface area contributed by atoms with E-state index in [4.69, 9.17) is 4.74 Å². The van der Waals surface area contributed by atoms with Crippen molar-refractivity contribution in [1.29, 1.82) is 0 Å². The van der Waals surface area contributed by atoms with Gasteiger partial charge in [-0.05, 0) is 38.5 Å². The highest BCUT2D eigenvalue weighted by atomic mass is 32.2. The summed E-state index contributed by atoms with van der Waals surface area (Å²) in [5.41, 5.74) is 2.80. The summed E-state index contributed by atoms with van der Waals surface area (Å²) < 4.78 is 34.3. The van der Waals surface area contributed by atoms with Crippen LogP contribution >= 0.6 is 0 Å². The Morgan fingerprint density at radius 1 is 1.21 bits per heavy atom. The minimum absolute atomic E-state index is 0.143. The molecule has 1 aliphatic rings. The van der Waals surface area contributed by atoms with Crippen molar-refractivity contribution < 1.29 is 17.9 Å². The lowest BCUT2D eigenvalue weighted by atomic mass is 10.2. The minimum atomic E-state index is -3.62. The second-order valence-electron chi connectivity index (χ2n) is 6.91. The second-order valence-corrected chi connectivity index (χ2v) is 8.78. The predicted octanol–water partition coefficient (Wildman–Crippen LogP) is 1.86. The van der Waals surface area contributed by atoms with Gasteiger partial charge in [0.25, 0.3) is 0 Å². The van der Waals surface area contributed by atoms with Crippen molar-refractivity contribution in [1.82, 2.24) is 14.1 Å². The van der Waals surface area contributed by atoms with Crippen LogP contribution in [0.5, 0.6) is 0 Å². The van der Waals surface area contributed by atoms with Gasteiger partial charge in [-0.2, -0.15) is 9.40 Å². The normalized spacial score (nSPS) is 15.5. The van der Waals surface area contributed by atoms with Crippen LogP contribution in [0.4, 0.5) is 5.69 Å². The largest absolute Gasteiger partial charge is 0.379 e. The summed E-state index contributed by atoms with van der Waals surface area (Å²) in [7, 11) is -3.62. The number of morpholine rings is 1. The molecule has 1 aromatic carbocycles. The third kappa shape index (κ3) is 4.43. The van der Waals surface area contributed by atoms with E-state index in [0.717, 1.165) is 11.3 Å². The number of carbonyl (C=O) groups excluding carboxylic acids is 1. The van der Waals surface area contributed by atoms with E-state index in [-0.39, 0.29) is 17.2 Å². The van der Waals surface area contributed by atoms with Crippen LogP contribution < -0.4 is 5.32 Å². The van der Waals surface area contributed by atoms with Gasteiger partial charge < -0.3 is 10.1 Å². The Morgan fingerprint density at radius 3 is 2.61 bits per heavy atom. The Kier molecular flexibility index (Phi) is 6.17. The SMILES string of the molecule is Cc1cccc(NC(=O)CCn2nc(C)c(S(=O)(=O)N3CCOCC3)c2C)c1. The molecule has 1 N–H and O–H groups in total. The highest BCUT2D eigenvalue weighted by molar-refractivity contribution is 7.89. The van der Waals surface area contributed by atoms with Crippen molar-refractivity contribution in [2.24, 2.45) is 0 Å². The van der Waals surface area contributed by atoms with Gasteiger partial charge in [-0.1, -0.05) is 12.1 Å². The fourth-order valence-electron chi connectivity index (χ4n) is 3.34. The maximum Gasteiger partial charge on any atom is 0.246 e. The van der Waals surface area contributed by atoms with Crippen molar-refractivity contribution in [3.63, 3.8) is 0 Å². The molecule has 0 unspecified atom stereocenters. The molecular formula is C19H26N4O4S. The maximum atomic E-state index is 13.0. The number of nitrogens with zero attached hydrogens (tertiary/aromatic N) is 3. The molecule has 2 aromatic rings. The number of nitrogens with one attached hydrogen (secondary N) is 1. The van der Waals surface area contributed by atoms with Crippen LogP contribution in [0.2, 0.25) is 0 Å². The van der Waals surface area contributed by atoms with Gasteiger partial charge in [0, 0.05) is 25.2 Å². The number of rotatable bonds is 6. The van der Waals surface area contributed by atoms with Gasteiger partial charge in [-0.15, -0.1) is 0 Å². The molecule has 0 aliphatic carbocycles. The minimum Gasteiger partial charge on any atom is -0.379 e. The monoisotopic (exact) mass is 406 g/mol. The van der Waals surface area contributed by atoms with Gasteiger partial charge in [0.1, 0.15) is 4.90 Å². The molecule has 1 aliphatic heterocycles. The number of aromatic nitrogens is 2. The topological polar surface area (TPSA) is 93.5 Å². The quantitative estimate of drug-likeness (QED) is 0.790. The van der Waals surface area contributed by atoms with Gasteiger partial charge in [0.15, 0.2) is 0 Å². The van der Waals surface area contributed by atoms with E-state index >= 15 is 0 Å². The zero-order valence-electron chi connectivity index (χ0n) is 16.4. The van der Waals surface area contributed by atoms with Crippen LogP contribution in [0.3, 0.4) is 0 Å². The van der Waals surface area contributed by atoms with Crippen LogP contribution in [0, 0.1) is 20.8 Å². The standard InChI is InChI=1S/C19H26N4O4S/c1-14-5-4-6-17(13-14)20-18(24)7-8-23-16(3)19(15(2)21-23)28(25,26)22-9-11-27-12-10-22/h4-6,13H,7-12H2,1-3H3,(H,20,24). The number of hydrogen-bond donors (Lipinski definition) is 1. The van der Waals surface area contributed by atoms with Crippen LogP contribution in [-0.2, 0) is 26.1 Å². The molecule has 0 bridgehead atoms. The van der Waals surface area contributed by atoms with Crippen molar-refractivity contribution in [2.75, 3.05) is 31.6 Å². The zero-order chi connectivity index (χ0) is 20.3. The van der Waals surface area contributed by atoms with Gasteiger partial charge in [-0.25, -0.2) is 8.42 Å². The molecule has 152 valence electrons. The van der Waals surface area contributed by atoms with E-state index < -0.39 is 10.0 Å². The van der Waals surface area contributed by atoms with Crippen molar-refractivity contribution in [2.45, 2.75) is 38.6 Å². The van der Waals surface area contributed by atoms with Gasteiger partial charge in [0.2, 0.25) is 15.9 Å². The lowest BCUT2D eigenvalue weighted by Crippen LogP contribution is -2.41. The number of amides is 1. The molecule has 28 heavy (non-hydrogen) atoms. The second kappa shape index (κ2) is 8.42. The molecule has 9 heteroatoms. The average molecular weight is 407 g/mol. The fraction of sp³-hybridized carbons (Fsp3) is 0.474. The van der Waals surface area contributed by atoms with Gasteiger partial charge in [-0.3, -0.25) is 9.48 Å². The Bertz CT molecular complexity index is 962. The first-order valence-electron chi connectivity index (χ1n) is 9.27. The summed E-state index contributed by atoms with van der Waals surface area (Å²) >= 11 is 0. The lowest BCUT2D eigenvalue weighted by molar-refractivity contribution is -0.116. The first kappa shape index (κ1) is 20.5. The summed E-state index contributed by atoms with van der Waals surface area (Å²) in [4.78, 5) is 12.5. The van der Waals surface area contributed by atoms with Crippen LogP contribution in [0.1, 0.15) is 23.4 Å². The molecule has 1 aromatic heterocycles. The van der Waals surface area contributed by atoms with Crippen molar-refractivity contribution >= 4 is 21.6 Å². The predicted molar refractivity (Wildman–Crippen MR) is 106 cm³/mol. The Balaban J connectivity index is 1.70. The number of hydrogen-bond acceptors (Lipinski definition) is 5. The van der Waals surface area contributed by atoms with E-state index in [2.05, 4.69) is 10.4 Å². The highest BCUT2D eigenvalue weighted by Gasteiger charge is 2.32. The summed E-state index contributed by atoms with van der Waals surface area (Å²) in [6.07, 6.45) is 0.201. The molecule has 2 heterocycles. The molecule has 1 amide bonds. The molecular weight excluding hydrogens is 380 g/mol. The van der Waals surface area contributed by atoms with Crippen LogP contribution in [0.25, 0.3) is 0 Å². The lowest BCUT2D eigenvalue weighted by Gasteiger charge is -2.26. The first-order valence-corrected chi connectivity index (χ1v) is 10.7. The van der Waals surface area contributed by atoms with Crippen molar-refractivity contribution in [3.05, 3.63) is 41.2 Å². The van der Waals surface area contributed by atoms with E-state index in [1.807, 2.05) is 31.2 Å². The summed E-state index contributed by atoms with van der Waals surface area (Å²) in [6, 6.07) is 7.58. The number of benzene rings is 1. The van der Waals surface area contributed by atoms with E-state index in [1.54, 1.807) is 18.5 Å². The van der Waals surface area contributed by atoms with E-state index in [0.29, 0.717) is 44.2 Å². The highest BCUT2D eigenvalue weighted by Crippen LogP contribution is 2.24. The van der Waals surface area contributed by atoms with Gasteiger partial charge >= 0.3 is 0 Å². The number of carbonyl (C=O) groups is 1. The number of sulfonamides is 1. The van der Waals surface area contributed by atoms with Crippen LogP contribution in [0.15, 0.2) is 29.2 Å². The Morgan fingerprint density at radius 2 is 1.93 bits per heavy atom. The third-order valence-corrected chi connectivity index (χ3v) is 6.89. The molecule has 8 nitrogen and oxygen atoms in total. The molecule has 1 saturated heterocycles. The maximum absolute atomic E-state index is 13.0. The number of anilines is 1. The third-order valence-electron chi connectivity index (χ3n) is 4.74. The molecule has 3 rings (SSSR count). The summed E-state index contributed by atoms with van der Waals surface area (Å²) in [6.45, 7) is 7.14. The zero-order valence-corrected chi connectivity index (χ0v) is 17.3. The first-order chi connectivity index (χ1) is 13.3. The number of ether oxygens (including phenoxy) is 1. The van der Waals surface area contributed by atoms with Crippen LogP contribution in [-0.4, -0.2) is 54.7 Å². The van der Waals surface area contributed by atoms with E-state index in [1.165, 1.54) is 4.31 Å². The molecule has 0 atom stereocenters. The van der Waals surface area contributed by atoms with Crippen molar-refractivity contribution in [3.8, 4) is 0 Å². The summed E-state index contributed by atoms with van der Waals surface area (Å²) in [5.74, 6) is -0.143. The smallest absolute Gasteiger partial charge is 0.246 e. The van der Waals surface area contributed by atoms with E-state index in [9.17, 15) is 13.2 Å². The fourth-order valence-corrected chi connectivity index (χ4v) is 5.12. The molecule has 0 saturated carbocycles. The molecule has 1 fully saturated rings. The Labute approximate surface area is 165 Å². The Hall–Kier alpha value is -2.23. The molecule has 0 spiro atoms. The average Bonchev–Trinajstić information content (AvgIpc) is 2.95.